The summed E-state index contributed by atoms with van der Waals surface area (Å²) in [6.45, 7) is 2.08. The van der Waals surface area contributed by atoms with Crippen LogP contribution in [-0.4, -0.2) is 27.0 Å². The third kappa shape index (κ3) is 3.40. The van der Waals surface area contributed by atoms with Gasteiger partial charge >= 0.3 is 0 Å². The van der Waals surface area contributed by atoms with Crippen molar-refractivity contribution in [2.75, 3.05) is 17.2 Å². The zero-order valence-electron chi connectivity index (χ0n) is 11.1. The maximum absolute atomic E-state index is 11.8. The van der Waals surface area contributed by atoms with Gasteiger partial charge in [0.2, 0.25) is 16.0 Å². The first-order valence-corrected chi connectivity index (χ1v) is 7.83. The summed E-state index contributed by atoms with van der Waals surface area (Å²) in [7, 11) is 0. The second kappa shape index (κ2) is 5.82. The highest BCUT2D eigenvalue weighted by molar-refractivity contribution is 9.10. The molecule has 1 aromatic carbocycles. The summed E-state index contributed by atoms with van der Waals surface area (Å²) in [5, 5.41) is 10.8. The quantitative estimate of drug-likeness (QED) is 0.745. The molecule has 0 saturated heterocycles. The summed E-state index contributed by atoms with van der Waals surface area (Å²) in [5.74, 6) is -0.124. The van der Waals surface area contributed by atoms with Crippen LogP contribution in [0.15, 0.2) is 34.9 Å². The molecule has 0 saturated carbocycles. The summed E-state index contributed by atoms with van der Waals surface area (Å²) >= 11 is 4.76. The second-order valence-electron chi connectivity index (χ2n) is 4.43. The fourth-order valence-corrected chi connectivity index (χ4v) is 2.86. The van der Waals surface area contributed by atoms with Gasteiger partial charge in [-0.3, -0.25) is 4.79 Å². The Morgan fingerprint density at radius 3 is 2.86 bits per heavy atom. The van der Waals surface area contributed by atoms with Crippen LogP contribution in [0.3, 0.4) is 0 Å². The summed E-state index contributed by atoms with van der Waals surface area (Å²) in [4.78, 5) is 17.0. The lowest BCUT2D eigenvalue weighted by Gasteiger charge is -2.05. The van der Waals surface area contributed by atoms with Gasteiger partial charge in [-0.25, -0.2) is 9.50 Å². The number of halogens is 1. The van der Waals surface area contributed by atoms with Crippen molar-refractivity contribution in [2.24, 2.45) is 0 Å². The molecular formula is C13H12BrN5OS. The molecule has 2 aromatic heterocycles. The molecule has 0 spiro atoms. The molecular weight excluding hydrogens is 354 g/mol. The molecule has 21 heavy (non-hydrogen) atoms. The van der Waals surface area contributed by atoms with Gasteiger partial charge in [-0.1, -0.05) is 27.3 Å². The number of imidazole rings is 1. The molecule has 0 aliphatic rings. The monoisotopic (exact) mass is 365 g/mol. The van der Waals surface area contributed by atoms with Crippen LogP contribution in [0.5, 0.6) is 0 Å². The lowest BCUT2D eigenvalue weighted by Crippen LogP contribution is -2.21. The number of fused-ring (bicyclic) bond motifs is 1. The molecule has 1 amide bonds. The molecule has 0 atom stereocenters. The Morgan fingerprint density at radius 1 is 1.38 bits per heavy atom. The summed E-state index contributed by atoms with van der Waals surface area (Å²) in [6.07, 6.45) is 1.85. The number of rotatable bonds is 4. The topological polar surface area (TPSA) is 71.3 Å². The number of aryl methyl sites for hydroxylation is 1. The largest absolute Gasteiger partial charge is 0.351 e. The number of nitrogens with one attached hydrogen (secondary N) is 2. The average Bonchev–Trinajstić information content (AvgIpc) is 2.96. The lowest BCUT2D eigenvalue weighted by molar-refractivity contribution is -0.114. The van der Waals surface area contributed by atoms with Gasteiger partial charge in [0.15, 0.2) is 0 Å². The Balaban J connectivity index is 1.57. The molecule has 2 heterocycles. The third-order valence-corrected chi connectivity index (χ3v) is 4.10. The van der Waals surface area contributed by atoms with Gasteiger partial charge in [0, 0.05) is 10.2 Å². The second-order valence-corrected chi connectivity index (χ2v) is 6.30. The predicted octanol–water partition coefficient (Wildman–Crippen LogP) is 2.91. The highest BCUT2D eigenvalue weighted by atomic mass is 79.9. The van der Waals surface area contributed by atoms with Crippen molar-refractivity contribution in [3.8, 4) is 0 Å². The average molecular weight is 366 g/mol. The predicted molar refractivity (Wildman–Crippen MR) is 86.9 cm³/mol. The normalized spacial score (nSPS) is 10.8. The van der Waals surface area contributed by atoms with E-state index in [0.29, 0.717) is 5.13 Å². The molecule has 3 rings (SSSR count). The molecule has 8 heteroatoms. The van der Waals surface area contributed by atoms with E-state index in [2.05, 4.69) is 36.6 Å². The Kier molecular flexibility index (Phi) is 3.89. The first-order chi connectivity index (χ1) is 10.1. The molecule has 0 aliphatic carbocycles. The van der Waals surface area contributed by atoms with Gasteiger partial charge in [0.05, 0.1) is 18.4 Å². The first kappa shape index (κ1) is 14.0. The van der Waals surface area contributed by atoms with Crippen LogP contribution in [0.2, 0.25) is 0 Å². The molecule has 0 fully saturated rings. The van der Waals surface area contributed by atoms with Gasteiger partial charge in [-0.15, -0.1) is 5.10 Å². The number of hydrogen-bond acceptors (Lipinski definition) is 5. The van der Waals surface area contributed by atoms with E-state index >= 15 is 0 Å². The maximum Gasteiger partial charge on any atom is 0.243 e. The molecule has 3 aromatic rings. The number of hydrogen-bond donors (Lipinski definition) is 2. The van der Waals surface area contributed by atoms with E-state index in [1.807, 2.05) is 37.4 Å². The number of benzene rings is 1. The Bertz CT molecular complexity index is 748. The Morgan fingerprint density at radius 2 is 2.14 bits per heavy atom. The van der Waals surface area contributed by atoms with E-state index in [1.165, 1.54) is 11.3 Å². The minimum absolute atomic E-state index is 0.124. The zero-order chi connectivity index (χ0) is 14.8. The summed E-state index contributed by atoms with van der Waals surface area (Å²) in [6, 6.07) is 7.42. The number of anilines is 2. The Labute approximate surface area is 133 Å². The minimum Gasteiger partial charge on any atom is -0.351 e. The van der Waals surface area contributed by atoms with Crippen molar-refractivity contribution < 1.29 is 4.79 Å². The van der Waals surface area contributed by atoms with Crippen molar-refractivity contribution in [2.45, 2.75) is 6.92 Å². The third-order valence-electron chi connectivity index (χ3n) is 2.69. The fraction of sp³-hybridized carbons (Fsp3) is 0.154. The van der Waals surface area contributed by atoms with Crippen LogP contribution in [0.25, 0.3) is 4.96 Å². The standard InChI is InChI=1S/C13H12BrN5OS/c1-8-7-19-13(16-8)21-12(18-19)15-6-11(20)17-10-4-2-9(14)3-5-10/h2-5,7H,6H2,1H3,(H,15,18)(H,17,20). The van der Waals surface area contributed by atoms with Crippen LogP contribution in [0.1, 0.15) is 5.69 Å². The van der Waals surface area contributed by atoms with Crippen LogP contribution in [0, 0.1) is 6.92 Å². The minimum atomic E-state index is -0.124. The van der Waals surface area contributed by atoms with Crippen molar-refractivity contribution in [3.05, 3.63) is 40.6 Å². The smallest absolute Gasteiger partial charge is 0.243 e. The highest BCUT2D eigenvalue weighted by Crippen LogP contribution is 2.18. The molecule has 2 N–H and O–H groups in total. The van der Waals surface area contributed by atoms with E-state index in [0.717, 1.165) is 20.8 Å². The molecule has 0 bridgehead atoms. The van der Waals surface area contributed by atoms with Gasteiger partial charge in [-0.2, -0.15) is 0 Å². The van der Waals surface area contributed by atoms with Gasteiger partial charge in [-0.05, 0) is 31.2 Å². The van der Waals surface area contributed by atoms with E-state index < -0.39 is 0 Å². The van der Waals surface area contributed by atoms with E-state index in [9.17, 15) is 4.79 Å². The SMILES string of the molecule is Cc1cn2nc(NCC(=O)Nc3ccc(Br)cc3)sc2n1. The molecule has 0 aliphatic heterocycles. The Hall–Kier alpha value is -1.93. The number of aromatic nitrogens is 3. The summed E-state index contributed by atoms with van der Waals surface area (Å²) < 4.78 is 2.68. The van der Waals surface area contributed by atoms with Crippen LogP contribution < -0.4 is 10.6 Å². The molecule has 6 nitrogen and oxygen atoms in total. The zero-order valence-corrected chi connectivity index (χ0v) is 13.5. The van der Waals surface area contributed by atoms with Crippen molar-refractivity contribution in [1.29, 1.82) is 0 Å². The van der Waals surface area contributed by atoms with Crippen LogP contribution >= 0.6 is 27.3 Å². The summed E-state index contributed by atoms with van der Waals surface area (Å²) in [5.41, 5.74) is 1.68. The number of carbonyl (C=O) groups excluding carboxylic acids is 1. The van der Waals surface area contributed by atoms with Gasteiger partial charge in [0.1, 0.15) is 0 Å². The van der Waals surface area contributed by atoms with Crippen LogP contribution in [0.4, 0.5) is 10.8 Å². The first-order valence-electron chi connectivity index (χ1n) is 6.22. The van der Waals surface area contributed by atoms with Crippen molar-refractivity contribution >= 4 is 49.0 Å². The van der Waals surface area contributed by atoms with Crippen molar-refractivity contribution in [1.82, 2.24) is 14.6 Å². The fourth-order valence-electron chi connectivity index (χ4n) is 1.77. The highest BCUT2D eigenvalue weighted by Gasteiger charge is 2.08. The van der Waals surface area contributed by atoms with Gasteiger partial charge in [0.25, 0.3) is 0 Å². The van der Waals surface area contributed by atoms with Gasteiger partial charge < -0.3 is 10.6 Å². The van der Waals surface area contributed by atoms with E-state index in [1.54, 1.807) is 4.52 Å². The number of amides is 1. The lowest BCUT2D eigenvalue weighted by atomic mass is 10.3. The van der Waals surface area contributed by atoms with Crippen LogP contribution in [-0.2, 0) is 4.79 Å². The number of carbonyl (C=O) groups is 1. The van der Waals surface area contributed by atoms with Crippen molar-refractivity contribution in [3.63, 3.8) is 0 Å². The van der Waals surface area contributed by atoms with E-state index in [-0.39, 0.29) is 12.5 Å². The number of nitrogens with zero attached hydrogens (tertiary/aromatic N) is 3. The maximum atomic E-state index is 11.8. The molecule has 108 valence electrons. The molecule has 0 radical (unpaired) electrons. The molecule has 0 unspecified atom stereocenters. The van der Waals surface area contributed by atoms with E-state index in [4.69, 9.17) is 0 Å².